The summed E-state index contributed by atoms with van der Waals surface area (Å²) in [7, 11) is 0. The summed E-state index contributed by atoms with van der Waals surface area (Å²) in [5.41, 5.74) is -1.92. The van der Waals surface area contributed by atoms with Gasteiger partial charge in [-0.2, -0.15) is 26.3 Å². The van der Waals surface area contributed by atoms with Crippen LogP contribution in [0.3, 0.4) is 0 Å². The lowest BCUT2D eigenvalue weighted by molar-refractivity contribution is -0.138. The van der Waals surface area contributed by atoms with E-state index in [0.29, 0.717) is 11.8 Å². The Morgan fingerprint density at radius 2 is 1.34 bits per heavy atom. The van der Waals surface area contributed by atoms with Crippen molar-refractivity contribution in [2.75, 3.05) is 23.3 Å². The highest BCUT2D eigenvalue weighted by Gasteiger charge is 2.32. The fourth-order valence-corrected chi connectivity index (χ4v) is 3.13. The molecule has 0 bridgehead atoms. The zero-order chi connectivity index (χ0) is 25.6. The van der Waals surface area contributed by atoms with Gasteiger partial charge in [0.2, 0.25) is 0 Å². The zero-order valence-corrected chi connectivity index (χ0v) is 18.0. The van der Waals surface area contributed by atoms with Crippen molar-refractivity contribution in [3.05, 3.63) is 95.6 Å². The number of hydrogen-bond donors (Lipinski definition) is 2. The Kier molecular flexibility index (Phi) is 7.68. The first-order chi connectivity index (χ1) is 16.4. The van der Waals surface area contributed by atoms with Crippen LogP contribution in [0, 0.1) is 0 Å². The van der Waals surface area contributed by atoms with E-state index in [0.717, 1.165) is 35.2 Å². The molecule has 0 saturated carbocycles. The molecule has 11 heteroatoms. The average Bonchev–Trinajstić information content (AvgIpc) is 2.81. The highest BCUT2D eigenvalue weighted by atomic mass is 19.4. The van der Waals surface area contributed by atoms with Gasteiger partial charge < -0.3 is 10.6 Å². The van der Waals surface area contributed by atoms with E-state index in [4.69, 9.17) is 0 Å². The van der Waals surface area contributed by atoms with E-state index in [9.17, 15) is 35.9 Å². The van der Waals surface area contributed by atoms with Crippen molar-refractivity contribution in [2.24, 2.45) is 0 Å². The second kappa shape index (κ2) is 10.5. The van der Waals surface area contributed by atoms with Gasteiger partial charge in [0.05, 0.1) is 11.1 Å². The Bertz CT molecular complexity index is 1180. The number of rotatable bonds is 6. The van der Waals surface area contributed by atoms with Gasteiger partial charge in [-0.3, -0.25) is 9.69 Å². The number of anilines is 2. The summed E-state index contributed by atoms with van der Waals surface area (Å²) >= 11 is 0. The van der Waals surface area contributed by atoms with E-state index < -0.39 is 35.4 Å². The van der Waals surface area contributed by atoms with Gasteiger partial charge in [0.25, 0.3) is 5.91 Å². The van der Waals surface area contributed by atoms with Crippen molar-refractivity contribution in [1.82, 2.24) is 5.32 Å². The van der Waals surface area contributed by atoms with Crippen LogP contribution in [0.4, 0.5) is 42.5 Å². The molecule has 3 rings (SSSR count). The van der Waals surface area contributed by atoms with Crippen molar-refractivity contribution in [3.63, 3.8) is 0 Å². The molecule has 0 unspecified atom stereocenters. The quantitative estimate of drug-likeness (QED) is 0.401. The third-order valence-corrected chi connectivity index (χ3v) is 4.83. The van der Waals surface area contributed by atoms with Crippen LogP contribution in [0.2, 0.25) is 0 Å². The number of amides is 3. The van der Waals surface area contributed by atoms with Crippen molar-refractivity contribution in [3.8, 4) is 0 Å². The largest absolute Gasteiger partial charge is 0.416 e. The van der Waals surface area contributed by atoms with Crippen LogP contribution < -0.4 is 15.5 Å². The van der Waals surface area contributed by atoms with E-state index in [2.05, 4.69) is 10.6 Å². The smallest absolute Gasteiger partial charge is 0.350 e. The Morgan fingerprint density at radius 3 is 1.97 bits per heavy atom. The number of nitrogens with one attached hydrogen (secondary N) is 2. The molecule has 3 aromatic carbocycles. The lowest BCUT2D eigenvalue weighted by atomic mass is 10.1. The molecule has 0 spiro atoms. The monoisotopic (exact) mass is 495 g/mol. The van der Waals surface area contributed by atoms with Gasteiger partial charge in [0.15, 0.2) is 0 Å². The maximum absolute atomic E-state index is 13.2. The van der Waals surface area contributed by atoms with Crippen LogP contribution in [0.5, 0.6) is 0 Å². The van der Waals surface area contributed by atoms with Crippen molar-refractivity contribution < 1.29 is 35.9 Å². The number of hydrogen-bond acceptors (Lipinski definition) is 2. The molecule has 2 N–H and O–H groups in total. The number of nitrogens with zero attached hydrogens (tertiary/aromatic N) is 1. The van der Waals surface area contributed by atoms with Gasteiger partial charge in [-0.15, -0.1) is 0 Å². The first kappa shape index (κ1) is 25.6. The number of alkyl halides is 6. The summed E-state index contributed by atoms with van der Waals surface area (Å²) in [5, 5.41) is 4.95. The van der Waals surface area contributed by atoms with E-state index >= 15 is 0 Å². The minimum atomic E-state index is -4.64. The predicted octanol–water partition coefficient (Wildman–Crippen LogP) is 6.19. The predicted molar refractivity (Wildman–Crippen MR) is 118 cm³/mol. The van der Waals surface area contributed by atoms with Gasteiger partial charge in [0.1, 0.15) is 0 Å². The summed E-state index contributed by atoms with van der Waals surface area (Å²) < 4.78 is 78.3. The number of carbonyl (C=O) groups is 2. The Labute approximate surface area is 196 Å². The van der Waals surface area contributed by atoms with E-state index in [-0.39, 0.29) is 24.3 Å². The maximum Gasteiger partial charge on any atom is 0.416 e. The summed E-state index contributed by atoms with van der Waals surface area (Å²) in [5.74, 6) is -0.830. The molecule has 0 atom stereocenters. The fraction of sp³-hybridized carbons (Fsp3) is 0.167. The fourth-order valence-electron chi connectivity index (χ4n) is 3.13. The van der Waals surface area contributed by atoms with Crippen LogP contribution in [-0.4, -0.2) is 25.0 Å². The highest BCUT2D eigenvalue weighted by molar-refractivity contribution is 6.02. The van der Waals surface area contributed by atoms with Crippen LogP contribution in [0.25, 0.3) is 0 Å². The van der Waals surface area contributed by atoms with Crippen molar-refractivity contribution in [1.29, 1.82) is 0 Å². The van der Waals surface area contributed by atoms with Crippen LogP contribution in [0.1, 0.15) is 21.5 Å². The van der Waals surface area contributed by atoms with E-state index in [1.807, 2.05) is 0 Å². The Balaban J connectivity index is 1.77. The molecular formula is C24H19F6N3O2. The van der Waals surface area contributed by atoms with Gasteiger partial charge >= 0.3 is 18.4 Å². The molecule has 5 nitrogen and oxygen atoms in total. The maximum atomic E-state index is 13.2. The molecule has 3 amide bonds. The second-order valence-electron chi connectivity index (χ2n) is 7.33. The normalized spacial score (nSPS) is 11.6. The van der Waals surface area contributed by atoms with E-state index in [1.165, 1.54) is 12.1 Å². The highest BCUT2D eigenvalue weighted by Crippen LogP contribution is 2.32. The number of urea groups is 1. The minimum Gasteiger partial charge on any atom is -0.350 e. The molecule has 0 radical (unpaired) electrons. The molecule has 35 heavy (non-hydrogen) atoms. The number of para-hydroxylation sites is 1. The summed E-state index contributed by atoms with van der Waals surface area (Å²) in [6.07, 6.45) is -9.28. The number of benzene rings is 3. The number of halogens is 6. The number of carbonyl (C=O) groups excluding carboxylic acids is 2. The molecule has 0 saturated heterocycles. The third kappa shape index (κ3) is 6.98. The Hall–Kier alpha value is -4.02. The summed E-state index contributed by atoms with van der Waals surface area (Å²) in [6, 6.07) is 15.3. The summed E-state index contributed by atoms with van der Waals surface area (Å²) in [4.78, 5) is 26.2. The van der Waals surface area contributed by atoms with Crippen LogP contribution in [-0.2, 0) is 12.4 Å². The van der Waals surface area contributed by atoms with Gasteiger partial charge in [-0.1, -0.05) is 30.3 Å². The lowest BCUT2D eigenvalue weighted by Crippen LogP contribution is -2.41. The SMILES string of the molecule is O=C(NCCN(C(=O)Nc1ccccc1)c1cccc(C(F)(F)F)c1)c1cccc(C(F)(F)F)c1. The van der Waals surface area contributed by atoms with Crippen LogP contribution >= 0.6 is 0 Å². The van der Waals surface area contributed by atoms with Crippen molar-refractivity contribution >= 4 is 23.3 Å². The van der Waals surface area contributed by atoms with Gasteiger partial charge in [0, 0.05) is 30.0 Å². The van der Waals surface area contributed by atoms with Gasteiger partial charge in [-0.05, 0) is 48.5 Å². The molecule has 0 aliphatic carbocycles. The second-order valence-corrected chi connectivity index (χ2v) is 7.33. The topological polar surface area (TPSA) is 61.4 Å². The molecular weight excluding hydrogens is 476 g/mol. The molecule has 184 valence electrons. The first-order valence-corrected chi connectivity index (χ1v) is 10.2. The summed E-state index contributed by atoms with van der Waals surface area (Å²) in [6.45, 7) is -0.502. The first-order valence-electron chi connectivity index (χ1n) is 10.2. The molecule has 0 fully saturated rings. The molecule has 0 heterocycles. The van der Waals surface area contributed by atoms with Crippen molar-refractivity contribution in [2.45, 2.75) is 12.4 Å². The molecule has 0 aliphatic rings. The standard InChI is InChI=1S/C24H19F6N3O2/c25-23(26,27)17-7-4-6-16(14-17)21(34)31-12-13-33(22(35)32-19-9-2-1-3-10-19)20-11-5-8-18(15-20)24(28,29)30/h1-11,14-15H,12-13H2,(H,31,34)(H,32,35). The Morgan fingerprint density at radius 1 is 0.743 bits per heavy atom. The van der Waals surface area contributed by atoms with E-state index in [1.54, 1.807) is 30.3 Å². The van der Waals surface area contributed by atoms with Crippen LogP contribution in [0.15, 0.2) is 78.9 Å². The molecule has 0 aliphatic heterocycles. The third-order valence-electron chi connectivity index (χ3n) is 4.83. The molecule has 0 aromatic heterocycles. The minimum absolute atomic E-state index is 0.0819. The zero-order valence-electron chi connectivity index (χ0n) is 18.0. The molecule has 3 aromatic rings. The van der Waals surface area contributed by atoms with Gasteiger partial charge in [-0.25, -0.2) is 4.79 Å². The average molecular weight is 495 g/mol. The lowest BCUT2D eigenvalue weighted by Gasteiger charge is -2.24.